The maximum Gasteiger partial charge on any atom is 0.305 e. The molecule has 19 heavy (non-hydrogen) atoms. The molecule has 2 aliphatic rings. The molecule has 2 fully saturated rings. The highest BCUT2D eigenvalue weighted by molar-refractivity contribution is 5.83. The first-order valence-corrected chi connectivity index (χ1v) is 7.19. The van der Waals surface area contributed by atoms with Crippen molar-refractivity contribution < 1.29 is 14.7 Å². The molecule has 5 heteroatoms. The Morgan fingerprint density at radius 1 is 1.37 bits per heavy atom. The van der Waals surface area contributed by atoms with Gasteiger partial charge in [0, 0.05) is 18.5 Å². The monoisotopic (exact) mass is 268 g/mol. The highest BCUT2D eigenvalue weighted by Gasteiger charge is 2.58. The maximum absolute atomic E-state index is 12.5. The second-order valence-corrected chi connectivity index (χ2v) is 6.14. The highest BCUT2D eigenvalue weighted by atomic mass is 16.4. The van der Waals surface area contributed by atoms with E-state index in [4.69, 9.17) is 5.11 Å². The third-order valence-corrected chi connectivity index (χ3v) is 4.56. The van der Waals surface area contributed by atoms with Gasteiger partial charge in [0.05, 0.1) is 6.42 Å². The van der Waals surface area contributed by atoms with Gasteiger partial charge >= 0.3 is 5.97 Å². The number of piperidine rings is 1. The zero-order valence-electron chi connectivity index (χ0n) is 11.8. The van der Waals surface area contributed by atoms with Gasteiger partial charge in [-0.05, 0) is 51.6 Å². The number of amides is 1. The molecule has 0 bridgehead atoms. The Morgan fingerprint density at radius 2 is 2.00 bits per heavy atom. The van der Waals surface area contributed by atoms with Gasteiger partial charge in [-0.1, -0.05) is 0 Å². The van der Waals surface area contributed by atoms with Crippen molar-refractivity contribution in [3.05, 3.63) is 0 Å². The molecule has 0 aromatic heterocycles. The fourth-order valence-corrected chi connectivity index (χ4v) is 3.21. The molecule has 1 spiro atoms. The van der Waals surface area contributed by atoms with E-state index in [1.54, 1.807) is 4.90 Å². The van der Waals surface area contributed by atoms with Crippen LogP contribution in [0, 0.1) is 11.3 Å². The number of carbonyl (C=O) groups excluding carboxylic acids is 1. The van der Waals surface area contributed by atoms with Gasteiger partial charge in [-0.3, -0.25) is 9.59 Å². The zero-order valence-corrected chi connectivity index (χ0v) is 11.8. The predicted octanol–water partition coefficient (Wildman–Crippen LogP) is 1.09. The molecule has 1 saturated carbocycles. The average Bonchev–Trinajstić information content (AvgIpc) is 3.03. The summed E-state index contributed by atoms with van der Waals surface area (Å²) < 4.78 is 0. The van der Waals surface area contributed by atoms with Crippen LogP contribution in [0.4, 0.5) is 0 Å². The van der Waals surface area contributed by atoms with Crippen LogP contribution in [0.2, 0.25) is 0 Å². The molecule has 2 rings (SSSR count). The molecule has 1 saturated heterocycles. The van der Waals surface area contributed by atoms with E-state index in [1.807, 2.05) is 13.8 Å². The number of hydrogen-bond donors (Lipinski definition) is 2. The van der Waals surface area contributed by atoms with Crippen molar-refractivity contribution >= 4 is 11.9 Å². The van der Waals surface area contributed by atoms with Crippen LogP contribution in [0.3, 0.4) is 0 Å². The van der Waals surface area contributed by atoms with Crippen LogP contribution in [0.25, 0.3) is 0 Å². The lowest BCUT2D eigenvalue weighted by atomic mass is 9.91. The molecule has 1 aliphatic heterocycles. The van der Waals surface area contributed by atoms with Gasteiger partial charge in [0.2, 0.25) is 5.91 Å². The maximum atomic E-state index is 12.5. The van der Waals surface area contributed by atoms with E-state index >= 15 is 0 Å². The van der Waals surface area contributed by atoms with Crippen molar-refractivity contribution in [1.29, 1.82) is 0 Å². The summed E-state index contributed by atoms with van der Waals surface area (Å²) in [6.07, 6.45) is 3.18. The minimum Gasteiger partial charge on any atom is -0.481 e. The summed E-state index contributed by atoms with van der Waals surface area (Å²) in [6, 6.07) is 0.0752. The first-order chi connectivity index (χ1) is 8.96. The quantitative estimate of drug-likeness (QED) is 0.783. The lowest BCUT2D eigenvalue weighted by molar-refractivity contribution is -0.139. The summed E-state index contributed by atoms with van der Waals surface area (Å²) in [5.74, 6) is -0.547. The molecule has 0 aromatic rings. The van der Waals surface area contributed by atoms with Crippen molar-refractivity contribution in [2.75, 3.05) is 19.6 Å². The van der Waals surface area contributed by atoms with Crippen LogP contribution in [0.15, 0.2) is 0 Å². The van der Waals surface area contributed by atoms with Crippen molar-refractivity contribution in [3.8, 4) is 0 Å². The summed E-state index contributed by atoms with van der Waals surface area (Å²) in [6.45, 7) is 6.24. The van der Waals surface area contributed by atoms with Crippen LogP contribution in [0.1, 0.15) is 39.5 Å². The first kappa shape index (κ1) is 14.3. The molecule has 2 N–H and O–H groups in total. The Hall–Kier alpha value is -1.10. The largest absolute Gasteiger partial charge is 0.481 e. The molecule has 0 radical (unpaired) electrons. The fourth-order valence-electron chi connectivity index (χ4n) is 3.21. The van der Waals surface area contributed by atoms with E-state index in [0.717, 1.165) is 32.4 Å². The van der Waals surface area contributed by atoms with Gasteiger partial charge < -0.3 is 15.3 Å². The number of hydrogen-bond acceptors (Lipinski definition) is 3. The third kappa shape index (κ3) is 3.08. The first-order valence-electron chi connectivity index (χ1n) is 7.19. The van der Waals surface area contributed by atoms with Crippen LogP contribution in [0.5, 0.6) is 0 Å². The van der Waals surface area contributed by atoms with Crippen molar-refractivity contribution in [2.45, 2.75) is 45.6 Å². The SMILES string of the molecule is CC(C)N(CCC(=O)O)C(=O)C1CC12CCNCC2. The number of nitrogens with zero attached hydrogens (tertiary/aromatic N) is 1. The van der Waals surface area contributed by atoms with Gasteiger partial charge in [-0.2, -0.15) is 0 Å². The van der Waals surface area contributed by atoms with Crippen molar-refractivity contribution in [2.24, 2.45) is 11.3 Å². The van der Waals surface area contributed by atoms with E-state index in [0.29, 0.717) is 6.54 Å². The Bertz CT molecular complexity index is 362. The second-order valence-electron chi connectivity index (χ2n) is 6.14. The smallest absolute Gasteiger partial charge is 0.305 e. The number of carboxylic acid groups (broad SMARTS) is 1. The van der Waals surface area contributed by atoms with E-state index in [2.05, 4.69) is 5.32 Å². The van der Waals surface area contributed by atoms with Gasteiger partial charge in [0.25, 0.3) is 0 Å². The Kier molecular flexibility index (Phi) is 4.13. The van der Waals surface area contributed by atoms with E-state index in [-0.39, 0.29) is 29.7 Å². The van der Waals surface area contributed by atoms with Crippen LogP contribution < -0.4 is 5.32 Å². The number of carbonyl (C=O) groups is 2. The number of rotatable bonds is 5. The Balaban J connectivity index is 1.95. The summed E-state index contributed by atoms with van der Waals surface area (Å²) in [7, 11) is 0. The van der Waals surface area contributed by atoms with Crippen LogP contribution >= 0.6 is 0 Å². The lowest BCUT2D eigenvalue weighted by Crippen LogP contribution is -2.41. The molecule has 5 nitrogen and oxygen atoms in total. The van der Waals surface area contributed by atoms with Crippen LogP contribution in [-0.4, -0.2) is 47.6 Å². The number of aliphatic carboxylic acids is 1. The lowest BCUT2D eigenvalue weighted by Gasteiger charge is -2.29. The minimum atomic E-state index is -0.842. The van der Waals surface area contributed by atoms with E-state index in [9.17, 15) is 9.59 Å². The topological polar surface area (TPSA) is 69.6 Å². The predicted molar refractivity (Wildman–Crippen MR) is 71.7 cm³/mol. The third-order valence-electron chi connectivity index (χ3n) is 4.56. The minimum absolute atomic E-state index is 0.0329. The summed E-state index contributed by atoms with van der Waals surface area (Å²) in [5.41, 5.74) is 0.221. The van der Waals surface area contributed by atoms with Crippen molar-refractivity contribution in [3.63, 3.8) is 0 Å². The molecule has 1 aliphatic carbocycles. The Morgan fingerprint density at radius 3 is 2.53 bits per heavy atom. The molecular weight excluding hydrogens is 244 g/mol. The summed E-state index contributed by atoms with van der Waals surface area (Å²) in [4.78, 5) is 25.0. The van der Waals surface area contributed by atoms with E-state index in [1.165, 1.54) is 0 Å². The number of nitrogens with one attached hydrogen (secondary N) is 1. The molecule has 1 heterocycles. The molecule has 1 atom stereocenters. The normalized spacial score (nSPS) is 24.5. The molecule has 1 unspecified atom stereocenters. The van der Waals surface area contributed by atoms with Gasteiger partial charge in [-0.15, -0.1) is 0 Å². The van der Waals surface area contributed by atoms with Crippen LogP contribution in [-0.2, 0) is 9.59 Å². The van der Waals surface area contributed by atoms with E-state index < -0.39 is 5.97 Å². The molecule has 1 amide bonds. The second kappa shape index (κ2) is 5.49. The molecule has 108 valence electrons. The highest BCUT2D eigenvalue weighted by Crippen LogP contribution is 2.59. The summed E-state index contributed by atoms with van der Waals surface area (Å²) >= 11 is 0. The van der Waals surface area contributed by atoms with Crippen molar-refractivity contribution in [1.82, 2.24) is 10.2 Å². The number of carboxylic acids is 1. The van der Waals surface area contributed by atoms with Gasteiger partial charge in [0.1, 0.15) is 0 Å². The zero-order chi connectivity index (χ0) is 14.0. The van der Waals surface area contributed by atoms with Gasteiger partial charge in [-0.25, -0.2) is 0 Å². The standard InChI is InChI=1S/C14H24N2O3/c1-10(2)16(8-3-12(17)18)13(19)11-9-14(11)4-6-15-7-5-14/h10-11,15H,3-9H2,1-2H3,(H,17,18). The summed E-state index contributed by atoms with van der Waals surface area (Å²) in [5, 5.41) is 12.1. The van der Waals surface area contributed by atoms with Gasteiger partial charge in [0.15, 0.2) is 0 Å². The fraction of sp³-hybridized carbons (Fsp3) is 0.857. The Labute approximate surface area is 114 Å². The molecular formula is C14H24N2O3. The molecule has 0 aromatic carbocycles. The average molecular weight is 268 g/mol.